The lowest BCUT2D eigenvalue weighted by Gasteiger charge is -2.38. The Kier molecular flexibility index (Phi) is 24.2. The van der Waals surface area contributed by atoms with Gasteiger partial charge in [-0.2, -0.15) is 0 Å². The molecule has 1 heterocycles. The quantitative estimate of drug-likeness (QED) is 0.201. The fourth-order valence-electron chi connectivity index (χ4n) is 3.70. The van der Waals surface area contributed by atoms with E-state index in [2.05, 4.69) is 48.1 Å². The molecule has 0 saturated carbocycles. The standard InChI is InChI=1S/C24H48N4O5.2ClH/c1-5-9-13-25-23(29)32-21(11-7-3)28(16-15-27-17-19-31-20-18-27)22(12-8-4)33-24(30)26-14-10-6-2;;/h21-22H,5-20H2,1-4H3,(H,25,29)(H,26,30);2*1H. The van der Waals surface area contributed by atoms with Crippen molar-refractivity contribution in [1.82, 2.24) is 20.4 Å². The Morgan fingerprint density at radius 3 is 1.69 bits per heavy atom. The van der Waals surface area contributed by atoms with Gasteiger partial charge in [0, 0.05) is 39.3 Å². The fraction of sp³-hybridized carbons (Fsp3) is 0.917. The first-order valence-electron chi connectivity index (χ1n) is 13.0. The number of rotatable bonds is 17. The normalized spacial score (nSPS) is 15.3. The molecule has 0 bridgehead atoms. The Morgan fingerprint density at radius 1 is 0.829 bits per heavy atom. The topological polar surface area (TPSA) is 92.4 Å². The highest BCUT2D eigenvalue weighted by molar-refractivity contribution is 5.85. The van der Waals surface area contributed by atoms with Gasteiger partial charge in [0.2, 0.25) is 0 Å². The molecule has 0 radical (unpaired) electrons. The van der Waals surface area contributed by atoms with Crippen LogP contribution in [0, 0.1) is 0 Å². The summed E-state index contributed by atoms with van der Waals surface area (Å²) in [5, 5.41) is 5.69. The van der Waals surface area contributed by atoms with E-state index in [1.807, 2.05) is 0 Å². The van der Waals surface area contributed by atoms with Gasteiger partial charge in [0.1, 0.15) is 0 Å². The van der Waals surface area contributed by atoms with Crippen LogP contribution in [0.1, 0.15) is 79.1 Å². The monoisotopic (exact) mass is 544 g/mol. The van der Waals surface area contributed by atoms with Crippen LogP contribution in [0.3, 0.4) is 0 Å². The molecule has 0 aromatic carbocycles. The molecular formula is C24H50Cl2N4O5. The van der Waals surface area contributed by atoms with Crippen molar-refractivity contribution < 1.29 is 23.8 Å². The summed E-state index contributed by atoms with van der Waals surface area (Å²) < 4.78 is 17.2. The number of ether oxygens (including phenoxy) is 3. The zero-order valence-electron chi connectivity index (χ0n) is 22.2. The van der Waals surface area contributed by atoms with Crippen molar-refractivity contribution >= 4 is 37.0 Å². The van der Waals surface area contributed by atoms with Gasteiger partial charge in [-0.3, -0.25) is 4.90 Å². The number of halogens is 2. The van der Waals surface area contributed by atoms with E-state index in [9.17, 15) is 9.59 Å². The van der Waals surface area contributed by atoms with Gasteiger partial charge in [-0.1, -0.05) is 53.4 Å². The summed E-state index contributed by atoms with van der Waals surface area (Å²) >= 11 is 0. The lowest BCUT2D eigenvalue weighted by molar-refractivity contribution is -0.116. The molecule has 35 heavy (non-hydrogen) atoms. The highest BCUT2D eigenvalue weighted by atomic mass is 35.5. The number of nitrogens with one attached hydrogen (secondary N) is 2. The average Bonchev–Trinajstić information content (AvgIpc) is 2.80. The van der Waals surface area contributed by atoms with Gasteiger partial charge >= 0.3 is 12.2 Å². The van der Waals surface area contributed by atoms with Crippen molar-refractivity contribution in [3.05, 3.63) is 0 Å². The molecule has 2 amide bonds. The molecule has 1 rings (SSSR count). The third-order valence-corrected chi connectivity index (χ3v) is 5.67. The Balaban J connectivity index is 0. The van der Waals surface area contributed by atoms with E-state index in [0.717, 1.165) is 71.4 Å². The van der Waals surface area contributed by atoms with Crippen LogP contribution < -0.4 is 10.6 Å². The third-order valence-electron chi connectivity index (χ3n) is 5.67. The number of carbonyl (C=O) groups is 2. The van der Waals surface area contributed by atoms with Crippen LogP contribution in [-0.4, -0.2) is 86.9 Å². The highest BCUT2D eigenvalue weighted by Gasteiger charge is 2.31. The first-order valence-corrected chi connectivity index (χ1v) is 13.0. The SMILES string of the molecule is CCCCNC(=O)OC(CCC)N(CCN1CCOCC1)C(CCC)OC(=O)NCCCC.Cl.Cl. The molecular weight excluding hydrogens is 495 g/mol. The van der Waals surface area contributed by atoms with Crippen LogP contribution in [0.5, 0.6) is 0 Å². The van der Waals surface area contributed by atoms with E-state index < -0.39 is 24.6 Å². The smallest absolute Gasteiger partial charge is 0.408 e. The molecule has 2 unspecified atom stereocenters. The zero-order valence-corrected chi connectivity index (χ0v) is 23.9. The van der Waals surface area contributed by atoms with Crippen molar-refractivity contribution in [2.75, 3.05) is 52.5 Å². The summed E-state index contributed by atoms with van der Waals surface area (Å²) in [5.41, 5.74) is 0. The molecule has 2 N–H and O–H groups in total. The summed E-state index contributed by atoms with van der Waals surface area (Å²) in [6.07, 6.45) is 5.12. The van der Waals surface area contributed by atoms with Crippen molar-refractivity contribution in [1.29, 1.82) is 0 Å². The number of nitrogens with zero attached hydrogens (tertiary/aromatic N) is 2. The lowest BCUT2D eigenvalue weighted by atomic mass is 10.2. The van der Waals surface area contributed by atoms with Gasteiger partial charge < -0.3 is 24.8 Å². The number of amides is 2. The minimum absolute atomic E-state index is 0. The largest absolute Gasteiger partial charge is 0.430 e. The maximum absolute atomic E-state index is 12.5. The van der Waals surface area contributed by atoms with Gasteiger partial charge in [-0.25, -0.2) is 14.5 Å². The first kappa shape index (κ1) is 36.2. The summed E-state index contributed by atoms with van der Waals surface area (Å²) in [7, 11) is 0. The predicted octanol–water partition coefficient (Wildman–Crippen LogP) is 4.77. The minimum atomic E-state index is -0.461. The molecule has 9 nitrogen and oxygen atoms in total. The molecule has 210 valence electrons. The molecule has 1 saturated heterocycles. The molecule has 2 atom stereocenters. The Morgan fingerprint density at radius 2 is 1.29 bits per heavy atom. The van der Waals surface area contributed by atoms with Crippen molar-refractivity contribution in [3.63, 3.8) is 0 Å². The van der Waals surface area contributed by atoms with Crippen molar-refractivity contribution in [2.45, 2.75) is 91.5 Å². The highest BCUT2D eigenvalue weighted by Crippen LogP contribution is 2.19. The molecule has 11 heteroatoms. The number of morpholine rings is 1. The van der Waals surface area contributed by atoms with Crippen LogP contribution in [0.2, 0.25) is 0 Å². The molecule has 0 spiro atoms. The minimum Gasteiger partial charge on any atom is -0.430 e. The van der Waals surface area contributed by atoms with E-state index in [4.69, 9.17) is 14.2 Å². The van der Waals surface area contributed by atoms with Crippen molar-refractivity contribution in [2.24, 2.45) is 0 Å². The first-order chi connectivity index (χ1) is 16.0. The van der Waals surface area contributed by atoms with Gasteiger partial charge in [-0.15, -0.1) is 24.8 Å². The second-order valence-electron chi connectivity index (χ2n) is 8.55. The maximum atomic E-state index is 12.5. The van der Waals surface area contributed by atoms with Crippen LogP contribution in [0.25, 0.3) is 0 Å². The fourth-order valence-corrected chi connectivity index (χ4v) is 3.70. The van der Waals surface area contributed by atoms with E-state index in [1.165, 1.54) is 0 Å². The van der Waals surface area contributed by atoms with E-state index in [1.54, 1.807) is 0 Å². The summed E-state index contributed by atoms with van der Waals surface area (Å²) in [5.74, 6) is 0. The van der Waals surface area contributed by atoms with Crippen LogP contribution in [0.15, 0.2) is 0 Å². The number of alkyl carbamates (subject to hydrolysis) is 2. The Bertz CT molecular complexity index is 494. The van der Waals surface area contributed by atoms with Gasteiger partial charge in [0.05, 0.1) is 13.2 Å². The molecule has 1 aliphatic rings. The van der Waals surface area contributed by atoms with Crippen LogP contribution in [-0.2, 0) is 14.2 Å². The number of hydrogen-bond donors (Lipinski definition) is 2. The second-order valence-corrected chi connectivity index (χ2v) is 8.55. The van der Waals surface area contributed by atoms with Gasteiger partial charge in [0.25, 0.3) is 0 Å². The maximum Gasteiger partial charge on any atom is 0.408 e. The summed E-state index contributed by atoms with van der Waals surface area (Å²) in [6, 6.07) is 0. The number of hydrogen-bond acceptors (Lipinski definition) is 7. The second kappa shape index (κ2) is 23.4. The van der Waals surface area contributed by atoms with E-state index in [0.29, 0.717) is 32.5 Å². The third kappa shape index (κ3) is 16.4. The van der Waals surface area contributed by atoms with Gasteiger partial charge in [0.15, 0.2) is 12.5 Å². The molecule has 1 aliphatic heterocycles. The molecule has 0 aromatic rings. The average molecular weight is 546 g/mol. The van der Waals surface area contributed by atoms with Gasteiger partial charge in [-0.05, 0) is 25.7 Å². The van der Waals surface area contributed by atoms with E-state index >= 15 is 0 Å². The van der Waals surface area contributed by atoms with E-state index in [-0.39, 0.29) is 24.8 Å². The zero-order chi connectivity index (χ0) is 24.3. The lowest BCUT2D eigenvalue weighted by Crippen LogP contribution is -2.52. The predicted molar refractivity (Wildman–Crippen MR) is 145 cm³/mol. The molecule has 0 aromatic heterocycles. The Labute approximate surface area is 225 Å². The summed E-state index contributed by atoms with van der Waals surface area (Å²) in [4.78, 5) is 29.4. The molecule has 0 aliphatic carbocycles. The Hall–Kier alpha value is -1.00. The molecule has 1 fully saturated rings. The van der Waals surface area contributed by atoms with Crippen molar-refractivity contribution in [3.8, 4) is 0 Å². The van der Waals surface area contributed by atoms with Crippen LogP contribution in [0.4, 0.5) is 9.59 Å². The number of carbonyl (C=O) groups excluding carboxylic acids is 2. The number of unbranched alkanes of at least 4 members (excludes halogenated alkanes) is 2. The van der Waals surface area contributed by atoms with Crippen LogP contribution >= 0.6 is 24.8 Å². The summed E-state index contributed by atoms with van der Waals surface area (Å²) in [6.45, 7) is 14.1.